The monoisotopic (exact) mass is 294 g/mol. The molecule has 1 heterocycles. The maximum atomic E-state index is 12.5. The molecule has 0 saturated heterocycles. The first-order chi connectivity index (χ1) is 10.8. The Morgan fingerprint density at radius 3 is 2.73 bits per heavy atom. The van der Waals surface area contributed by atoms with Crippen LogP contribution in [0.25, 0.3) is 0 Å². The molecule has 6 nitrogen and oxygen atoms in total. The van der Waals surface area contributed by atoms with Crippen LogP contribution in [0, 0.1) is 0 Å². The van der Waals surface area contributed by atoms with Crippen molar-refractivity contribution in [2.75, 3.05) is 7.11 Å². The zero-order valence-electron chi connectivity index (χ0n) is 12.0. The Balaban J connectivity index is 1.87. The van der Waals surface area contributed by atoms with Gasteiger partial charge in [-0.05, 0) is 28.1 Å². The minimum atomic E-state index is -0.200. The topological polar surface area (TPSA) is 69.9 Å². The summed E-state index contributed by atoms with van der Waals surface area (Å²) in [7, 11) is 1.61. The van der Waals surface area contributed by atoms with Gasteiger partial charge in [0, 0.05) is 5.56 Å². The summed E-state index contributed by atoms with van der Waals surface area (Å²) >= 11 is 0. The average molecular weight is 294 g/mol. The predicted octanol–water partition coefficient (Wildman–Crippen LogP) is 1.96. The van der Waals surface area contributed by atoms with E-state index >= 15 is 0 Å². The van der Waals surface area contributed by atoms with Crippen molar-refractivity contribution in [1.82, 2.24) is 20.2 Å². The molecule has 22 heavy (non-hydrogen) atoms. The van der Waals surface area contributed by atoms with Gasteiger partial charge in [0.2, 0.25) is 11.6 Å². The molecule has 0 bridgehead atoms. The third-order valence-corrected chi connectivity index (χ3v) is 3.24. The summed E-state index contributed by atoms with van der Waals surface area (Å²) in [5.41, 5.74) is 1.51. The summed E-state index contributed by atoms with van der Waals surface area (Å²) in [6.07, 6.45) is 0. The van der Waals surface area contributed by atoms with Crippen LogP contribution < -0.4 is 4.74 Å². The number of rotatable bonds is 5. The number of benzene rings is 2. The van der Waals surface area contributed by atoms with Gasteiger partial charge in [-0.3, -0.25) is 4.79 Å². The first-order valence-electron chi connectivity index (χ1n) is 6.77. The number of aromatic nitrogens is 4. The molecule has 0 fully saturated rings. The van der Waals surface area contributed by atoms with Crippen LogP contribution in [-0.4, -0.2) is 33.1 Å². The van der Waals surface area contributed by atoms with Gasteiger partial charge in [-0.15, -0.1) is 5.10 Å². The summed E-state index contributed by atoms with van der Waals surface area (Å²) in [5, 5.41) is 11.4. The van der Waals surface area contributed by atoms with E-state index in [0.717, 1.165) is 11.3 Å². The zero-order chi connectivity index (χ0) is 15.4. The van der Waals surface area contributed by atoms with Crippen molar-refractivity contribution in [2.45, 2.75) is 6.54 Å². The second kappa shape index (κ2) is 6.17. The van der Waals surface area contributed by atoms with Crippen molar-refractivity contribution in [3.8, 4) is 5.75 Å². The highest BCUT2D eigenvalue weighted by Crippen LogP contribution is 2.14. The first-order valence-corrected chi connectivity index (χ1v) is 6.77. The van der Waals surface area contributed by atoms with E-state index in [0.29, 0.717) is 12.1 Å². The van der Waals surface area contributed by atoms with E-state index in [2.05, 4.69) is 15.5 Å². The lowest BCUT2D eigenvalue weighted by Crippen LogP contribution is -2.13. The Labute approximate surface area is 127 Å². The summed E-state index contributed by atoms with van der Waals surface area (Å²) in [5.74, 6) is 0.768. The van der Waals surface area contributed by atoms with Crippen molar-refractivity contribution in [3.05, 3.63) is 71.5 Å². The number of hydrogen-bond acceptors (Lipinski definition) is 5. The quantitative estimate of drug-likeness (QED) is 0.673. The Hall–Kier alpha value is -3.02. The highest BCUT2D eigenvalue weighted by atomic mass is 16.5. The fourth-order valence-corrected chi connectivity index (χ4v) is 2.14. The highest BCUT2D eigenvalue weighted by molar-refractivity contribution is 6.06. The predicted molar refractivity (Wildman–Crippen MR) is 79.8 cm³/mol. The van der Waals surface area contributed by atoms with Crippen LogP contribution in [0.1, 0.15) is 21.7 Å². The van der Waals surface area contributed by atoms with E-state index in [1.165, 1.54) is 4.68 Å². The summed E-state index contributed by atoms with van der Waals surface area (Å²) in [6, 6.07) is 16.5. The molecule has 0 aliphatic rings. The number of nitrogens with zero attached hydrogens (tertiary/aromatic N) is 4. The van der Waals surface area contributed by atoms with Crippen LogP contribution in [0.4, 0.5) is 0 Å². The minimum absolute atomic E-state index is 0.200. The lowest BCUT2D eigenvalue weighted by Gasteiger charge is -2.06. The molecular formula is C16H14N4O2. The van der Waals surface area contributed by atoms with E-state index < -0.39 is 0 Å². The normalized spacial score (nSPS) is 10.4. The molecule has 0 radical (unpaired) electrons. The van der Waals surface area contributed by atoms with E-state index in [-0.39, 0.29) is 11.6 Å². The molecule has 3 rings (SSSR count). The summed E-state index contributed by atoms with van der Waals surface area (Å²) < 4.78 is 6.68. The SMILES string of the molecule is COc1cccc(Cn2nnnc2C(=O)c2ccccc2)c1. The summed E-state index contributed by atoms with van der Waals surface area (Å²) in [4.78, 5) is 12.5. The van der Waals surface area contributed by atoms with Crippen molar-refractivity contribution < 1.29 is 9.53 Å². The molecular weight excluding hydrogens is 280 g/mol. The van der Waals surface area contributed by atoms with E-state index in [1.54, 1.807) is 19.2 Å². The van der Waals surface area contributed by atoms with Crippen molar-refractivity contribution in [1.29, 1.82) is 0 Å². The number of carbonyl (C=O) groups excluding carboxylic acids is 1. The molecule has 110 valence electrons. The minimum Gasteiger partial charge on any atom is -0.497 e. The highest BCUT2D eigenvalue weighted by Gasteiger charge is 2.17. The molecule has 0 saturated carbocycles. The van der Waals surface area contributed by atoms with Crippen LogP contribution in [0.2, 0.25) is 0 Å². The number of hydrogen-bond donors (Lipinski definition) is 0. The molecule has 3 aromatic rings. The third kappa shape index (κ3) is 2.85. The van der Waals surface area contributed by atoms with E-state index in [9.17, 15) is 4.79 Å². The Morgan fingerprint density at radius 1 is 1.14 bits per heavy atom. The van der Waals surface area contributed by atoms with Crippen LogP contribution in [-0.2, 0) is 6.54 Å². The average Bonchev–Trinajstić information content (AvgIpc) is 3.03. The van der Waals surface area contributed by atoms with Gasteiger partial charge >= 0.3 is 0 Å². The van der Waals surface area contributed by atoms with Crippen molar-refractivity contribution in [2.24, 2.45) is 0 Å². The zero-order valence-corrected chi connectivity index (χ0v) is 12.0. The van der Waals surface area contributed by atoms with E-state index in [4.69, 9.17) is 4.74 Å². The maximum Gasteiger partial charge on any atom is 0.231 e. The number of ketones is 1. The molecule has 0 atom stereocenters. The van der Waals surface area contributed by atoms with Crippen LogP contribution in [0.5, 0.6) is 5.75 Å². The van der Waals surface area contributed by atoms with Crippen molar-refractivity contribution in [3.63, 3.8) is 0 Å². The molecule has 0 aliphatic heterocycles. The second-order valence-electron chi connectivity index (χ2n) is 4.71. The van der Waals surface area contributed by atoms with Gasteiger partial charge in [-0.2, -0.15) is 0 Å². The largest absolute Gasteiger partial charge is 0.497 e. The Kier molecular flexibility index (Phi) is 3.91. The van der Waals surface area contributed by atoms with Crippen molar-refractivity contribution >= 4 is 5.78 Å². The Morgan fingerprint density at radius 2 is 1.95 bits per heavy atom. The lowest BCUT2D eigenvalue weighted by atomic mass is 10.1. The first kappa shape index (κ1) is 13.9. The molecule has 2 aromatic carbocycles. The molecule has 0 spiro atoms. The van der Waals surface area contributed by atoms with Gasteiger partial charge in [-0.1, -0.05) is 42.5 Å². The fraction of sp³-hybridized carbons (Fsp3) is 0.125. The van der Waals surface area contributed by atoms with Crippen LogP contribution in [0.15, 0.2) is 54.6 Å². The third-order valence-electron chi connectivity index (χ3n) is 3.24. The molecule has 6 heteroatoms. The van der Waals surface area contributed by atoms with Crippen LogP contribution in [0.3, 0.4) is 0 Å². The Bertz CT molecular complexity index is 784. The number of tetrazole rings is 1. The standard InChI is InChI=1S/C16H14N4O2/c1-22-14-9-5-6-12(10-14)11-20-16(17-18-19-20)15(21)13-7-3-2-4-8-13/h2-10H,11H2,1H3. The van der Waals surface area contributed by atoms with Crippen LogP contribution >= 0.6 is 0 Å². The van der Waals surface area contributed by atoms with E-state index in [1.807, 2.05) is 42.5 Å². The second-order valence-corrected chi connectivity index (χ2v) is 4.71. The molecule has 1 aromatic heterocycles. The van der Waals surface area contributed by atoms with Gasteiger partial charge in [0.05, 0.1) is 13.7 Å². The van der Waals surface area contributed by atoms with Gasteiger partial charge in [0.25, 0.3) is 0 Å². The maximum absolute atomic E-state index is 12.5. The smallest absolute Gasteiger partial charge is 0.231 e. The lowest BCUT2D eigenvalue weighted by molar-refractivity contribution is 0.102. The number of methoxy groups -OCH3 is 1. The molecule has 0 aliphatic carbocycles. The summed E-state index contributed by atoms with van der Waals surface area (Å²) in [6.45, 7) is 0.401. The van der Waals surface area contributed by atoms with Gasteiger partial charge in [0.15, 0.2) is 0 Å². The number of ether oxygens (including phenoxy) is 1. The molecule has 0 unspecified atom stereocenters. The fourth-order valence-electron chi connectivity index (χ4n) is 2.14. The van der Waals surface area contributed by atoms with Gasteiger partial charge in [-0.25, -0.2) is 4.68 Å². The van der Waals surface area contributed by atoms with Gasteiger partial charge in [0.1, 0.15) is 5.75 Å². The number of carbonyl (C=O) groups is 1. The molecule has 0 N–H and O–H groups in total. The van der Waals surface area contributed by atoms with Gasteiger partial charge < -0.3 is 4.74 Å². The molecule has 0 amide bonds.